The van der Waals surface area contributed by atoms with Gasteiger partial charge in [0.2, 0.25) is 0 Å². The molecule has 1 aromatic heterocycles. The van der Waals surface area contributed by atoms with E-state index in [1.807, 2.05) is 13.2 Å². The van der Waals surface area contributed by atoms with Crippen molar-refractivity contribution in [3.63, 3.8) is 0 Å². The molecule has 0 bridgehead atoms. The number of aromatic nitrogens is 2. The standard InChI is InChI=1S/C13H14ClFN2O/c1-17-8-9(7-16-17)2-5-13(18)10-3-4-12(15)11(14)6-10/h3-4,6-8,13,18H,2,5H2,1H3. The molecule has 0 aliphatic heterocycles. The fourth-order valence-electron chi connectivity index (χ4n) is 1.79. The second kappa shape index (κ2) is 5.50. The van der Waals surface area contributed by atoms with Gasteiger partial charge in [0.05, 0.1) is 17.3 Å². The summed E-state index contributed by atoms with van der Waals surface area (Å²) >= 11 is 5.68. The summed E-state index contributed by atoms with van der Waals surface area (Å²) in [7, 11) is 1.85. The molecule has 0 fully saturated rings. The molecule has 3 nitrogen and oxygen atoms in total. The number of aliphatic hydroxyl groups excluding tert-OH is 1. The molecule has 0 saturated carbocycles. The van der Waals surface area contributed by atoms with Crippen LogP contribution in [0.5, 0.6) is 0 Å². The van der Waals surface area contributed by atoms with Crippen LogP contribution in [0, 0.1) is 5.82 Å². The minimum atomic E-state index is -0.650. The summed E-state index contributed by atoms with van der Waals surface area (Å²) < 4.78 is 14.7. The number of nitrogens with zero attached hydrogens (tertiary/aromatic N) is 2. The first-order valence-corrected chi connectivity index (χ1v) is 6.04. The molecule has 96 valence electrons. The fourth-order valence-corrected chi connectivity index (χ4v) is 1.98. The lowest BCUT2D eigenvalue weighted by molar-refractivity contribution is 0.168. The van der Waals surface area contributed by atoms with Gasteiger partial charge in [0.1, 0.15) is 5.82 Å². The van der Waals surface area contributed by atoms with E-state index in [1.165, 1.54) is 12.1 Å². The Balaban J connectivity index is 1.99. The van der Waals surface area contributed by atoms with Gasteiger partial charge in [-0.1, -0.05) is 17.7 Å². The minimum absolute atomic E-state index is 0.0351. The first-order chi connectivity index (χ1) is 8.56. The molecule has 1 aromatic carbocycles. The van der Waals surface area contributed by atoms with E-state index in [0.717, 1.165) is 5.56 Å². The zero-order valence-corrected chi connectivity index (χ0v) is 10.7. The highest BCUT2D eigenvalue weighted by Gasteiger charge is 2.10. The second-order valence-electron chi connectivity index (χ2n) is 4.25. The lowest BCUT2D eigenvalue weighted by Crippen LogP contribution is -2.00. The summed E-state index contributed by atoms with van der Waals surface area (Å²) in [6.07, 6.45) is 4.29. The molecule has 1 unspecified atom stereocenters. The zero-order chi connectivity index (χ0) is 13.1. The Morgan fingerprint density at radius 3 is 2.89 bits per heavy atom. The van der Waals surface area contributed by atoms with Crippen LogP contribution in [0.15, 0.2) is 30.6 Å². The Kier molecular flexibility index (Phi) is 3.99. The maximum Gasteiger partial charge on any atom is 0.141 e. The van der Waals surface area contributed by atoms with E-state index in [0.29, 0.717) is 18.4 Å². The smallest absolute Gasteiger partial charge is 0.141 e. The number of hydrogen-bond donors (Lipinski definition) is 1. The lowest BCUT2D eigenvalue weighted by atomic mass is 10.0. The second-order valence-corrected chi connectivity index (χ2v) is 4.66. The third-order valence-electron chi connectivity index (χ3n) is 2.79. The van der Waals surface area contributed by atoms with Crippen LogP contribution in [0.3, 0.4) is 0 Å². The van der Waals surface area contributed by atoms with E-state index >= 15 is 0 Å². The quantitative estimate of drug-likeness (QED) is 0.926. The van der Waals surface area contributed by atoms with Crippen molar-refractivity contribution < 1.29 is 9.50 Å². The van der Waals surface area contributed by atoms with Gasteiger partial charge >= 0.3 is 0 Å². The highest BCUT2D eigenvalue weighted by atomic mass is 35.5. The summed E-state index contributed by atoms with van der Waals surface area (Å²) in [5.41, 5.74) is 1.69. The van der Waals surface area contributed by atoms with Crippen LogP contribution in [0.25, 0.3) is 0 Å². The van der Waals surface area contributed by atoms with Gasteiger partial charge in [-0.3, -0.25) is 4.68 Å². The maximum atomic E-state index is 13.0. The SMILES string of the molecule is Cn1cc(CCC(O)c2ccc(F)c(Cl)c2)cn1. The van der Waals surface area contributed by atoms with Gasteiger partial charge in [-0.2, -0.15) is 5.10 Å². The molecular weight excluding hydrogens is 255 g/mol. The fraction of sp³-hybridized carbons (Fsp3) is 0.308. The third-order valence-corrected chi connectivity index (χ3v) is 3.08. The molecule has 0 spiro atoms. The Bertz CT molecular complexity index is 542. The van der Waals surface area contributed by atoms with Crippen molar-refractivity contribution in [2.45, 2.75) is 18.9 Å². The van der Waals surface area contributed by atoms with Crippen LogP contribution in [-0.2, 0) is 13.5 Å². The van der Waals surface area contributed by atoms with Gasteiger partial charge in [-0.25, -0.2) is 4.39 Å². The molecule has 0 radical (unpaired) electrons. The van der Waals surface area contributed by atoms with Gasteiger partial charge in [-0.05, 0) is 36.1 Å². The largest absolute Gasteiger partial charge is 0.388 e. The Morgan fingerprint density at radius 1 is 1.50 bits per heavy atom. The first-order valence-electron chi connectivity index (χ1n) is 5.67. The monoisotopic (exact) mass is 268 g/mol. The van der Waals surface area contributed by atoms with Crippen molar-refractivity contribution in [2.24, 2.45) is 7.05 Å². The number of hydrogen-bond acceptors (Lipinski definition) is 2. The molecule has 2 rings (SSSR count). The molecule has 5 heteroatoms. The minimum Gasteiger partial charge on any atom is -0.388 e. The molecule has 1 heterocycles. The van der Waals surface area contributed by atoms with Gasteiger partial charge in [0, 0.05) is 13.2 Å². The van der Waals surface area contributed by atoms with Gasteiger partial charge in [0.25, 0.3) is 0 Å². The molecular formula is C13H14ClFN2O. The summed E-state index contributed by atoms with van der Waals surface area (Å²) in [4.78, 5) is 0. The maximum absolute atomic E-state index is 13.0. The molecule has 0 saturated heterocycles. The Labute approximate surface area is 110 Å². The predicted octanol–water partition coefficient (Wildman–Crippen LogP) is 2.88. The van der Waals surface area contributed by atoms with E-state index in [-0.39, 0.29) is 5.02 Å². The third kappa shape index (κ3) is 3.09. The van der Waals surface area contributed by atoms with E-state index in [4.69, 9.17) is 11.6 Å². The predicted molar refractivity (Wildman–Crippen MR) is 67.9 cm³/mol. The van der Waals surface area contributed by atoms with Crippen LogP contribution in [0.1, 0.15) is 23.7 Å². The molecule has 0 amide bonds. The van der Waals surface area contributed by atoms with Crippen molar-refractivity contribution in [1.29, 1.82) is 0 Å². The molecule has 0 aliphatic carbocycles. The van der Waals surface area contributed by atoms with Crippen molar-refractivity contribution >= 4 is 11.6 Å². The Morgan fingerprint density at radius 2 is 2.28 bits per heavy atom. The average Bonchev–Trinajstić information content (AvgIpc) is 2.75. The lowest BCUT2D eigenvalue weighted by Gasteiger charge is -2.10. The van der Waals surface area contributed by atoms with Crippen molar-refractivity contribution in [2.75, 3.05) is 0 Å². The van der Waals surface area contributed by atoms with Crippen molar-refractivity contribution in [1.82, 2.24) is 9.78 Å². The first kappa shape index (κ1) is 13.1. The zero-order valence-electron chi connectivity index (χ0n) is 9.98. The van der Waals surface area contributed by atoms with E-state index in [1.54, 1.807) is 16.9 Å². The van der Waals surface area contributed by atoms with Crippen molar-refractivity contribution in [3.8, 4) is 0 Å². The number of aliphatic hydroxyl groups is 1. The normalized spacial score (nSPS) is 12.7. The van der Waals surface area contributed by atoms with E-state index in [9.17, 15) is 9.50 Å². The number of benzene rings is 1. The van der Waals surface area contributed by atoms with Crippen LogP contribution >= 0.6 is 11.6 Å². The molecule has 1 N–H and O–H groups in total. The van der Waals surface area contributed by atoms with Crippen LogP contribution in [-0.4, -0.2) is 14.9 Å². The summed E-state index contributed by atoms with van der Waals surface area (Å²) in [5, 5.41) is 14.1. The molecule has 18 heavy (non-hydrogen) atoms. The van der Waals surface area contributed by atoms with E-state index in [2.05, 4.69) is 5.10 Å². The highest BCUT2D eigenvalue weighted by Crippen LogP contribution is 2.23. The summed E-state index contributed by atoms with van der Waals surface area (Å²) in [6, 6.07) is 4.28. The number of halogens is 2. The molecule has 2 aromatic rings. The number of rotatable bonds is 4. The van der Waals surface area contributed by atoms with Gasteiger partial charge in [0.15, 0.2) is 0 Å². The summed E-state index contributed by atoms with van der Waals surface area (Å²) in [6.45, 7) is 0. The Hall–Kier alpha value is -1.39. The van der Waals surface area contributed by atoms with Crippen LogP contribution in [0.4, 0.5) is 4.39 Å². The number of aryl methyl sites for hydroxylation is 2. The highest BCUT2D eigenvalue weighted by molar-refractivity contribution is 6.30. The average molecular weight is 269 g/mol. The molecule has 0 aliphatic rings. The summed E-state index contributed by atoms with van der Waals surface area (Å²) in [5.74, 6) is -0.472. The van der Waals surface area contributed by atoms with Gasteiger partial charge < -0.3 is 5.11 Å². The topological polar surface area (TPSA) is 38.0 Å². The van der Waals surface area contributed by atoms with E-state index < -0.39 is 11.9 Å². The van der Waals surface area contributed by atoms with Crippen molar-refractivity contribution in [3.05, 3.63) is 52.6 Å². The molecule has 1 atom stereocenters. The van der Waals surface area contributed by atoms with Gasteiger partial charge in [-0.15, -0.1) is 0 Å². The van der Waals surface area contributed by atoms with Crippen LogP contribution < -0.4 is 0 Å². The van der Waals surface area contributed by atoms with Crippen LogP contribution in [0.2, 0.25) is 5.02 Å².